The highest BCUT2D eigenvalue weighted by molar-refractivity contribution is 5.77. The zero-order chi connectivity index (χ0) is 16.6. The van der Waals surface area contributed by atoms with Crippen molar-refractivity contribution in [1.82, 2.24) is 19.5 Å². The van der Waals surface area contributed by atoms with Gasteiger partial charge in [-0.1, -0.05) is 0 Å². The third-order valence-corrected chi connectivity index (χ3v) is 3.60. The van der Waals surface area contributed by atoms with Crippen LogP contribution >= 0.6 is 0 Å². The first kappa shape index (κ1) is 15.3. The Bertz CT molecular complexity index is 772. The molecule has 1 amide bonds. The summed E-state index contributed by atoms with van der Waals surface area (Å²) in [6.07, 6.45) is 4.69. The molecule has 0 saturated heterocycles. The molecule has 23 heavy (non-hydrogen) atoms. The van der Waals surface area contributed by atoms with Crippen molar-refractivity contribution in [2.75, 3.05) is 12.3 Å². The number of aromatic nitrogens is 3. The van der Waals surface area contributed by atoms with Crippen molar-refractivity contribution in [1.29, 1.82) is 0 Å². The van der Waals surface area contributed by atoms with E-state index in [9.17, 15) is 4.79 Å². The number of nitrogen functional groups attached to an aromatic ring is 1. The van der Waals surface area contributed by atoms with Gasteiger partial charge >= 0.3 is 6.09 Å². The summed E-state index contributed by atoms with van der Waals surface area (Å²) >= 11 is 0. The Morgan fingerprint density at radius 1 is 1.35 bits per heavy atom. The number of anilines is 1. The van der Waals surface area contributed by atoms with Crippen LogP contribution in [-0.2, 0) is 4.74 Å². The molecule has 0 fully saturated rings. The Hall–Kier alpha value is -2.57. The van der Waals surface area contributed by atoms with Crippen LogP contribution in [0.4, 0.5) is 10.6 Å². The normalized spacial score (nSPS) is 15.6. The van der Waals surface area contributed by atoms with Crippen molar-refractivity contribution < 1.29 is 9.53 Å². The van der Waals surface area contributed by atoms with Crippen LogP contribution in [0.1, 0.15) is 39.3 Å². The first-order chi connectivity index (χ1) is 10.8. The number of rotatable bonds is 1. The van der Waals surface area contributed by atoms with Crippen LogP contribution in [0.5, 0.6) is 0 Å². The summed E-state index contributed by atoms with van der Waals surface area (Å²) in [6.45, 7) is 6.23. The maximum Gasteiger partial charge on any atom is 0.414 e. The van der Waals surface area contributed by atoms with Gasteiger partial charge in [-0.05, 0) is 51.3 Å². The van der Waals surface area contributed by atoms with Crippen LogP contribution in [-0.4, -0.2) is 37.7 Å². The van der Waals surface area contributed by atoms with Crippen LogP contribution in [0, 0.1) is 0 Å². The van der Waals surface area contributed by atoms with Crippen molar-refractivity contribution in [3.8, 4) is 0 Å². The minimum Gasteiger partial charge on any atom is -0.443 e. The molecule has 0 aliphatic carbocycles. The average Bonchev–Trinajstić information content (AvgIpc) is 2.91. The number of carbonyl (C=O) groups excluding carboxylic acids is 1. The lowest BCUT2D eigenvalue weighted by molar-refractivity contribution is 0.0329. The van der Waals surface area contributed by atoms with Gasteiger partial charge in [-0.25, -0.2) is 14.3 Å². The number of hydrogen-bond acceptors (Lipinski definition) is 5. The fourth-order valence-corrected chi connectivity index (χ4v) is 2.61. The second kappa shape index (κ2) is 5.57. The molecule has 7 nitrogen and oxygen atoms in total. The van der Waals surface area contributed by atoms with E-state index in [2.05, 4.69) is 10.1 Å². The Morgan fingerprint density at radius 3 is 2.87 bits per heavy atom. The van der Waals surface area contributed by atoms with Crippen molar-refractivity contribution in [3.63, 3.8) is 0 Å². The molecular weight excluding hydrogens is 294 g/mol. The fraction of sp³-hybridized carbons (Fsp3) is 0.438. The summed E-state index contributed by atoms with van der Waals surface area (Å²) in [4.78, 5) is 17.9. The standard InChI is InChI=1S/C16H21N5O2/c1-16(2,3)23-15(22)20-8-4-5-11(9-20)12-6-7-13-14(17)18-10-19-21(12)13/h6-7,9-10H,4-5,8H2,1-3H3,(H2,17,18,19). The van der Waals surface area contributed by atoms with Crippen molar-refractivity contribution in [2.24, 2.45) is 0 Å². The van der Waals surface area contributed by atoms with E-state index in [1.54, 1.807) is 9.42 Å². The lowest BCUT2D eigenvalue weighted by Crippen LogP contribution is -2.35. The minimum absolute atomic E-state index is 0.329. The molecule has 122 valence electrons. The average molecular weight is 315 g/mol. The molecule has 2 aromatic heterocycles. The SMILES string of the molecule is CC(C)(C)OC(=O)N1C=C(c2ccc3c(N)ncnn23)CCC1. The van der Waals surface area contributed by atoms with E-state index < -0.39 is 5.60 Å². The minimum atomic E-state index is -0.508. The maximum absolute atomic E-state index is 12.3. The molecule has 0 atom stereocenters. The first-order valence-electron chi connectivity index (χ1n) is 7.64. The zero-order valence-corrected chi connectivity index (χ0v) is 13.6. The van der Waals surface area contributed by atoms with Gasteiger partial charge in [-0.2, -0.15) is 5.10 Å². The van der Waals surface area contributed by atoms with Gasteiger partial charge < -0.3 is 10.5 Å². The Labute approximate surface area is 134 Å². The van der Waals surface area contributed by atoms with E-state index >= 15 is 0 Å². The molecule has 0 spiro atoms. The van der Waals surface area contributed by atoms with Gasteiger partial charge in [0.25, 0.3) is 0 Å². The third-order valence-electron chi connectivity index (χ3n) is 3.60. The fourth-order valence-electron chi connectivity index (χ4n) is 2.61. The monoisotopic (exact) mass is 315 g/mol. The molecule has 1 aliphatic heterocycles. The molecule has 0 aromatic carbocycles. The topological polar surface area (TPSA) is 85.8 Å². The van der Waals surface area contributed by atoms with Crippen molar-refractivity contribution >= 4 is 23.0 Å². The summed E-state index contributed by atoms with van der Waals surface area (Å²) in [7, 11) is 0. The Morgan fingerprint density at radius 2 is 2.13 bits per heavy atom. The summed E-state index contributed by atoms with van der Waals surface area (Å²) in [6, 6.07) is 3.84. The molecule has 2 N–H and O–H groups in total. The molecular formula is C16H21N5O2. The van der Waals surface area contributed by atoms with Gasteiger partial charge in [-0.3, -0.25) is 4.90 Å². The molecule has 3 heterocycles. The second-order valence-electron chi connectivity index (χ2n) is 6.59. The summed E-state index contributed by atoms with van der Waals surface area (Å²) in [5.41, 5.74) is 8.07. The number of ether oxygens (including phenoxy) is 1. The number of nitrogens with zero attached hydrogens (tertiary/aromatic N) is 4. The van der Waals surface area contributed by atoms with Crippen molar-refractivity contribution in [3.05, 3.63) is 30.4 Å². The van der Waals surface area contributed by atoms with E-state index in [1.165, 1.54) is 6.33 Å². The van der Waals surface area contributed by atoms with Crippen molar-refractivity contribution in [2.45, 2.75) is 39.2 Å². The Balaban J connectivity index is 1.92. The van der Waals surface area contributed by atoms with E-state index in [0.717, 1.165) is 29.6 Å². The third kappa shape index (κ3) is 3.13. The smallest absolute Gasteiger partial charge is 0.414 e. The van der Waals surface area contributed by atoms with Gasteiger partial charge in [0.1, 0.15) is 17.4 Å². The summed E-state index contributed by atoms with van der Waals surface area (Å²) in [5.74, 6) is 0.437. The lowest BCUT2D eigenvalue weighted by Gasteiger charge is -2.28. The highest BCUT2D eigenvalue weighted by atomic mass is 16.6. The molecule has 0 unspecified atom stereocenters. The number of hydrogen-bond donors (Lipinski definition) is 1. The molecule has 0 saturated carbocycles. The molecule has 1 aliphatic rings. The predicted molar refractivity (Wildman–Crippen MR) is 87.6 cm³/mol. The van der Waals surface area contributed by atoms with Gasteiger partial charge in [0.2, 0.25) is 0 Å². The van der Waals surface area contributed by atoms with Crippen LogP contribution in [0.25, 0.3) is 11.1 Å². The van der Waals surface area contributed by atoms with Gasteiger partial charge in [0.15, 0.2) is 5.82 Å². The van der Waals surface area contributed by atoms with Crippen LogP contribution in [0.3, 0.4) is 0 Å². The summed E-state index contributed by atoms with van der Waals surface area (Å²) < 4.78 is 7.20. The quantitative estimate of drug-likeness (QED) is 0.874. The van der Waals surface area contributed by atoms with Crippen LogP contribution in [0.15, 0.2) is 24.7 Å². The number of fused-ring (bicyclic) bond motifs is 1. The van der Waals surface area contributed by atoms with E-state index in [0.29, 0.717) is 12.4 Å². The number of nitrogens with two attached hydrogens (primary N) is 1. The highest BCUT2D eigenvalue weighted by Gasteiger charge is 2.24. The van der Waals surface area contributed by atoms with E-state index in [1.807, 2.05) is 39.1 Å². The Kier molecular flexibility index (Phi) is 3.71. The largest absolute Gasteiger partial charge is 0.443 e. The summed E-state index contributed by atoms with van der Waals surface area (Å²) in [5, 5.41) is 4.26. The van der Waals surface area contributed by atoms with Crippen LogP contribution in [0.2, 0.25) is 0 Å². The first-order valence-corrected chi connectivity index (χ1v) is 7.64. The maximum atomic E-state index is 12.3. The molecule has 0 radical (unpaired) electrons. The number of carbonyl (C=O) groups is 1. The van der Waals surface area contributed by atoms with Gasteiger partial charge in [-0.15, -0.1) is 0 Å². The molecule has 2 aromatic rings. The molecule has 0 bridgehead atoms. The number of amides is 1. The number of allylic oxidation sites excluding steroid dienone is 1. The highest BCUT2D eigenvalue weighted by Crippen LogP contribution is 2.27. The zero-order valence-electron chi connectivity index (χ0n) is 13.6. The predicted octanol–water partition coefficient (Wildman–Crippen LogP) is 2.68. The van der Waals surface area contributed by atoms with Gasteiger partial charge in [0, 0.05) is 12.7 Å². The molecule has 3 rings (SSSR count). The van der Waals surface area contributed by atoms with E-state index in [-0.39, 0.29) is 6.09 Å². The van der Waals surface area contributed by atoms with E-state index in [4.69, 9.17) is 10.5 Å². The van der Waals surface area contributed by atoms with Crippen LogP contribution < -0.4 is 5.73 Å². The lowest BCUT2D eigenvalue weighted by atomic mass is 10.0. The molecule has 7 heteroatoms. The van der Waals surface area contributed by atoms with Gasteiger partial charge in [0.05, 0.1) is 5.69 Å². The second-order valence-corrected chi connectivity index (χ2v) is 6.59.